The van der Waals surface area contributed by atoms with Crippen molar-refractivity contribution in [2.75, 3.05) is 6.54 Å². The molecular weight excluding hydrogens is 217 g/mol. The van der Waals surface area contributed by atoms with Gasteiger partial charge in [0.15, 0.2) is 0 Å². The Balaban J connectivity index is 2.27. The van der Waals surface area contributed by atoms with E-state index < -0.39 is 0 Å². The number of halogens is 1. The molecule has 0 aliphatic carbocycles. The first-order valence-corrected chi connectivity index (χ1v) is 5.42. The van der Waals surface area contributed by atoms with E-state index in [-0.39, 0.29) is 5.82 Å². The van der Waals surface area contributed by atoms with E-state index in [0.717, 1.165) is 22.7 Å². The van der Waals surface area contributed by atoms with E-state index in [1.165, 1.54) is 12.1 Å². The van der Waals surface area contributed by atoms with E-state index in [0.29, 0.717) is 6.54 Å². The van der Waals surface area contributed by atoms with Gasteiger partial charge in [0, 0.05) is 12.1 Å². The quantitative estimate of drug-likeness (QED) is 0.878. The van der Waals surface area contributed by atoms with Gasteiger partial charge in [-0.3, -0.25) is 0 Å². The summed E-state index contributed by atoms with van der Waals surface area (Å²) in [7, 11) is 0. The first kappa shape index (κ1) is 11.6. The Bertz CT molecular complexity index is 525. The second-order valence-corrected chi connectivity index (χ2v) is 3.90. The number of hydrogen-bond acceptors (Lipinski definition) is 2. The summed E-state index contributed by atoms with van der Waals surface area (Å²) in [6.45, 7) is 2.45. The van der Waals surface area contributed by atoms with Gasteiger partial charge < -0.3 is 10.2 Å². The lowest BCUT2D eigenvalue weighted by Crippen LogP contribution is -1.98. The molecule has 2 aromatic rings. The molecule has 1 aromatic carbocycles. The average molecular weight is 231 g/mol. The monoisotopic (exact) mass is 231 g/mol. The minimum absolute atomic E-state index is 0.251. The second-order valence-electron chi connectivity index (χ2n) is 3.90. The number of nitrogens with two attached hydrogens (primary N) is 1. The molecule has 0 atom stereocenters. The van der Waals surface area contributed by atoms with E-state index in [2.05, 4.69) is 0 Å². The van der Waals surface area contributed by atoms with Crippen LogP contribution < -0.4 is 5.73 Å². The van der Waals surface area contributed by atoms with Crippen LogP contribution in [-0.2, 0) is 0 Å². The molecule has 2 nitrogen and oxygen atoms in total. The molecule has 0 aliphatic rings. The molecule has 0 aliphatic heterocycles. The van der Waals surface area contributed by atoms with Crippen LogP contribution in [0.1, 0.15) is 12.7 Å². The third-order valence-corrected chi connectivity index (χ3v) is 2.47. The zero-order valence-electron chi connectivity index (χ0n) is 9.61. The molecule has 0 saturated heterocycles. The molecule has 0 radical (unpaired) electrons. The number of hydrogen-bond donors (Lipinski definition) is 1. The Kier molecular flexibility index (Phi) is 3.40. The number of furan rings is 1. The summed E-state index contributed by atoms with van der Waals surface area (Å²) in [5.74, 6) is 1.23. The largest absolute Gasteiger partial charge is 0.457 e. The fourth-order valence-electron chi connectivity index (χ4n) is 1.50. The van der Waals surface area contributed by atoms with Crippen LogP contribution in [0.5, 0.6) is 0 Å². The molecule has 0 bridgehead atoms. The molecule has 0 amide bonds. The zero-order chi connectivity index (χ0) is 12.3. The lowest BCUT2D eigenvalue weighted by molar-refractivity contribution is 0.570. The van der Waals surface area contributed by atoms with Crippen molar-refractivity contribution in [1.29, 1.82) is 0 Å². The van der Waals surface area contributed by atoms with Crippen molar-refractivity contribution in [2.45, 2.75) is 6.92 Å². The first-order chi connectivity index (χ1) is 8.19. The molecule has 0 fully saturated rings. The highest BCUT2D eigenvalue weighted by atomic mass is 19.1. The van der Waals surface area contributed by atoms with Crippen molar-refractivity contribution < 1.29 is 8.81 Å². The third kappa shape index (κ3) is 2.82. The standard InChI is InChI=1S/C14H14FNO/c1-10(9-16)8-13-6-7-14(17-13)11-2-4-12(15)5-3-11/h2-8H,9,16H2,1H3. The van der Waals surface area contributed by atoms with Gasteiger partial charge in [0.1, 0.15) is 17.3 Å². The summed E-state index contributed by atoms with van der Waals surface area (Å²) in [5.41, 5.74) is 7.41. The third-order valence-electron chi connectivity index (χ3n) is 2.47. The van der Waals surface area contributed by atoms with Crippen molar-refractivity contribution in [1.82, 2.24) is 0 Å². The topological polar surface area (TPSA) is 39.2 Å². The van der Waals surface area contributed by atoms with Gasteiger partial charge in [-0.15, -0.1) is 0 Å². The van der Waals surface area contributed by atoms with Crippen molar-refractivity contribution in [2.24, 2.45) is 5.73 Å². The van der Waals surface area contributed by atoms with Crippen molar-refractivity contribution in [3.63, 3.8) is 0 Å². The minimum atomic E-state index is -0.251. The molecule has 0 unspecified atom stereocenters. The van der Waals surface area contributed by atoms with Crippen LogP contribution in [0.25, 0.3) is 17.4 Å². The van der Waals surface area contributed by atoms with Crippen molar-refractivity contribution >= 4 is 6.08 Å². The predicted molar refractivity (Wildman–Crippen MR) is 66.8 cm³/mol. The normalized spacial score (nSPS) is 11.8. The first-order valence-electron chi connectivity index (χ1n) is 5.42. The molecular formula is C14H14FNO. The van der Waals surface area contributed by atoms with E-state index in [4.69, 9.17) is 10.2 Å². The van der Waals surface area contributed by atoms with Gasteiger partial charge in [-0.1, -0.05) is 5.57 Å². The van der Waals surface area contributed by atoms with Gasteiger partial charge in [-0.05, 0) is 49.4 Å². The van der Waals surface area contributed by atoms with Gasteiger partial charge in [0.25, 0.3) is 0 Å². The van der Waals surface area contributed by atoms with Crippen LogP contribution in [0.15, 0.2) is 46.4 Å². The summed E-state index contributed by atoms with van der Waals surface area (Å²) in [6, 6.07) is 9.95. The van der Waals surface area contributed by atoms with Gasteiger partial charge >= 0.3 is 0 Å². The van der Waals surface area contributed by atoms with Crippen LogP contribution >= 0.6 is 0 Å². The average Bonchev–Trinajstić information content (AvgIpc) is 2.78. The zero-order valence-corrected chi connectivity index (χ0v) is 9.61. The lowest BCUT2D eigenvalue weighted by Gasteiger charge is -1.96. The van der Waals surface area contributed by atoms with Gasteiger partial charge in [-0.25, -0.2) is 4.39 Å². The molecule has 3 heteroatoms. The molecule has 1 heterocycles. The van der Waals surface area contributed by atoms with Gasteiger partial charge in [-0.2, -0.15) is 0 Å². The maximum atomic E-state index is 12.8. The van der Waals surface area contributed by atoms with Crippen LogP contribution in [0.2, 0.25) is 0 Å². The summed E-state index contributed by atoms with van der Waals surface area (Å²) in [6.07, 6.45) is 1.90. The maximum absolute atomic E-state index is 12.8. The SMILES string of the molecule is CC(=Cc1ccc(-c2ccc(F)cc2)o1)CN. The van der Waals surface area contributed by atoms with Gasteiger partial charge in [0.05, 0.1) is 0 Å². The Morgan fingerprint density at radius 2 is 1.94 bits per heavy atom. The van der Waals surface area contributed by atoms with E-state index in [1.807, 2.05) is 25.1 Å². The highest BCUT2D eigenvalue weighted by Gasteiger charge is 2.03. The highest BCUT2D eigenvalue weighted by molar-refractivity contribution is 5.60. The molecule has 2 N–H and O–H groups in total. The molecule has 88 valence electrons. The molecule has 2 rings (SSSR count). The van der Waals surface area contributed by atoms with Crippen LogP contribution in [0.4, 0.5) is 4.39 Å². The number of benzene rings is 1. The lowest BCUT2D eigenvalue weighted by atomic mass is 10.2. The summed E-state index contributed by atoms with van der Waals surface area (Å²) in [5, 5.41) is 0. The fourth-order valence-corrected chi connectivity index (χ4v) is 1.50. The molecule has 0 saturated carbocycles. The molecule has 17 heavy (non-hydrogen) atoms. The summed E-state index contributed by atoms with van der Waals surface area (Å²) >= 11 is 0. The fraction of sp³-hybridized carbons (Fsp3) is 0.143. The Morgan fingerprint density at radius 3 is 2.59 bits per heavy atom. The summed E-state index contributed by atoms with van der Waals surface area (Å²) < 4.78 is 18.4. The molecule has 0 spiro atoms. The maximum Gasteiger partial charge on any atom is 0.134 e. The van der Waals surface area contributed by atoms with E-state index >= 15 is 0 Å². The number of rotatable bonds is 3. The Hall–Kier alpha value is -1.87. The van der Waals surface area contributed by atoms with Crippen LogP contribution in [-0.4, -0.2) is 6.54 Å². The summed E-state index contributed by atoms with van der Waals surface area (Å²) in [4.78, 5) is 0. The van der Waals surface area contributed by atoms with Gasteiger partial charge in [0.2, 0.25) is 0 Å². The predicted octanol–water partition coefficient (Wildman–Crippen LogP) is 3.45. The Morgan fingerprint density at radius 1 is 1.24 bits per heavy atom. The van der Waals surface area contributed by atoms with Crippen molar-refractivity contribution in [3.8, 4) is 11.3 Å². The Labute approximate surface area is 99.6 Å². The van der Waals surface area contributed by atoms with E-state index in [9.17, 15) is 4.39 Å². The molecule has 1 aromatic heterocycles. The minimum Gasteiger partial charge on any atom is -0.457 e. The van der Waals surface area contributed by atoms with E-state index in [1.54, 1.807) is 12.1 Å². The smallest absolute Gasteiger partial charge is 0.134 e. The second kappa shape index (κ2) is 4.97. The van der Waals surface area contributed by atoms with Crippen LogP contribution in [0.3, 0.4) is 0 Å². The van der Waals surface area contributed by atoms with Crippen molar-refractivity contribution in [3.05, 3.63) is 53.5 Å². The van der Waals surface area contributed by atoms with Crippen LogP contribution in [0, 0.1) is 5.82 Å². The highest BCUT2D eigenvalue weighted by Crippen LogP contribution is 2.23.